The Hall–Kier alpha value is -1.69. The van der Waals surface area contributed by atoms with Gasteiger partial charge in [0.1, 0.15) is 12.4 Å². The Morgan fingerprint density at radius 2 is 2.18 bits per heavy atom. The van der Waals surface area contributed by atoms with Gasteiger partial charge in [-0.25, -0.2) is 8.78 Å². The third-order valence-electron chi connectivity index (χ3n) is 1.97. The number of benzene rings is 1. The van der Waals surface area contributed by atoms with Crippen LogP contribution in [0.15, 0.2) is 18.2 Å². The Morgan fingerprint density at radius 3 is 2.76 bits per heavy atom. The highest BCUT2D eigenvalue weighted by molar-refractivity contribution is 5.80. The third kappa shape index (κ3) is 4.36. The topological polar surface area (TPSA) is 64.4 Å². The zero-order valence-electron chi connectivity index (χ0n) is 9.37. The standard InChI is InChI=1S/C11H14F2N2O2/c1-7(14)11(16)15-4-5-17-8-2-3-9(12)10(13)6-8/h2-3,6-7H,4-5,14H2,1H3,(H,15,16)/t7-/m1/s1. The lowest BCUT2D eigenvalue weighted by Gasteiger charge is -2.09. The Morgan fingerprint density at radius 1 is 1.47 bits per heavy atom. The Kier molecular flexibility index (Phi) is 4.84. The largest absolute Gasteiger partial charge is 0.492 e. The van der Waals surface area contributed by atoms with Crippen LogP contribution >= 0.6 is 0 Å². The van der Waals surface area contributed by atoms with Gasteiger partial charge in [-0.05, 0) is 19.1 Å². The molecule has 4 nitrogen and oxygen atoms in total. The Labute approximate surface area is 97.8 Å². The Bertz CT molecular complexity index is 397. The van der Waals surface area contributed by atoms with Crippen molar-refractivity contribution >= 4 is 5.91 Å². The van der Waals surface area contributed by atoms with Crippen LogP contribution in [0.2, 0.25) is 0 Å². The van der Waals surface area contributed by atoms with Gasteiger partial charge in [-0.1, -0.05) is 0 Å². The maximum atomic E-state index is 12.8. The van der Waals surface area contributed by atoms with Gasteiger partial charge in [0, 0.05) is 6.07 Å². The second-order valence-corrected chi connectivity index (χ2v) is 3.50. The normalized spacial score (nSPS) is 12.0. The maximum Gasteiger partial charge on any atom is 0.236 e. The van der Waals surface area contributed by atoms with Crippen LogP contribution in [0.3, 0.4) is 0 Å². The van der Waals surface area contributed by atoms with Crippen molar-refractivity contribution in [2.24, 2.45) is 5.73 Å². The number of rotatable bonds is 5. The number of halogens is 2. The first-order chi connectivity index (χ1) is 8.00. The molecule has 1 atom stereocenters. The molecule has 94 valence electrons. The lowest BCUT2D eigenvalue weighted by molar-refractivity contribution is -0.122. The third-order valence-corrected chi connectivity index (χ3v) is 1.97. The van der Waals surface area contributed by atoms with E-state index in [1.165, 1.54) is 6.07 Å². The smallest absolute Gasteiger partial charge is 0.236 e. The fourth-order valence-electron chi connectivity index (χ4n) is 1.07. The molecule has 0 heterocycles. The number of nitrogens with one attached hydrogen (secondary N) is 1. The molecule has 17 heavy (non-hydrogen) atoms. The molecule has 1 amide bonds. The minimum absolute atomic E-state index is 0.156. The molecule has 0 spiro atoms. The summed E-state index contributed by atoms with van der Waals surface area (Å²) in [6.45, 7) is 1.97. The summed E-state index contributed by atoms with van der Waals surface area (Å²) in [7, 11) is 0. The second-order valence-electron chi connectivity index (χ2n) is 3.50. The predicted molar refractivity (Wildman–Crippen MR) is 58.5 cm³/mol. The minimum Gasteiger partial charge on any atom is -0.492 e. The minimum atomic E-state index is -0.970. The second kappa shape index (κ2) is 6.15. The van der Waals surface area contributed by atoms with Crippen LogP contribution in [-0.2, 0) is 4.79 Å². The van der Waals surface area contributed by atoms with Gasteiger partial charge in [0.2, 0.25) is 5.91 Å². The fraction of sp³-hybridized carbons (Fsp3) is 0.364. The average molecular weight is 244 g/mol. The summed E-state index contributed by atoms with van der Waals surface area (Å²) >= 11 is 0. The van der Waals surface area contributed by atoms with Crippen molar-refractivity contribution in [1.29, 1.82) is 0 Å². The molecule has 0 aromatic heterocycles. The van der Waals surface area contributed by atoms with Gasteiger partial charge < -0.3 is 15.8 Å². The van der Waals surface area contributed by atoms with E-state index in [1.54, 1.807) is 6.92 Å². The molecular formula is C11H14F2N2O2. The predicted octanol–water partition coefficient (Wildman–Crippen LogP) is 0.807. The molecule has 1 rings (SSSR count). The molecule has 0 aliphatic carbocycles. The fourth-order valence-corrected chi connectivity index (χ4v) is 1.07. The highest BCUT2D eigenvalue weighted by atomic mass is 19.2. The van der Waals surface area contributed by atoms with Crippen LogP contribution in [0.1, 0.15) is 6.92 Å². The summed E-state index contributed by atoms with van der Waals surface area (Å²) < 4.78 is 30.5. The van der Waals surface area contributed by atoms with Crippen molar-refractivity contribution in [3.05, 3.63) is 29.8 Å². The van der Waals surface area contributed by atoms with Gasteiger partial charge in [0.25, 0.3) is 0 Å². The summed E-state index contributed by atoms with van der Waals surface area (Å²) in [6.07, 6.45) is 0. The van der Waals surface area contributed by atoms with Crippen LogP contribution in [0, 0.1) is 11.6 Å². The molecule has 0 radical (unpaired) electrons. The SMILES string of the molecule is C[C@@H](N)C(=O)NCCOc1ccc(F)c(F)c1. The first-order valence-corrected chi connectivity index (χ1v) is 5.12. The molecule has 0 aliphatic rings. The van der Waals surface area contributed by atoms with Crippen LogP contribution in [0.4, 0.5) is 8.78 Å². The molecule has 0 unspecified atom stereocenters. The van der Waals surface area contributed by atoms with Crippen molar-refractivity contribution in [2.45, 2.75) is 13.0 Å². The van der Waals surface area contributed by atoms with Crippen LogP contribution in [-0.4, -0.2) is 25.1 Å². The zero-order chi connectivity index (χ0) is 12.8. The Balaban J connectivity index is 2.31. The van der Waals surface area contributed by atoms with E-state index in [4.69, 9.17) is 10.5 Å². The molecule has 1 aromatic carbocycles. The lowest BCUT2D eigenvalue weighted by atomic mass is 10.3. The molecule has 0 aliphatic heterocycles. The van der Waals surface area contributed by atoms with Gasteiger partial charge in [0.05, 0.1) is 12.6 Å². The average Bonchev–Trinajstić information content (AvgIpc) is 2.28. The first kappa shape index (κ1) is 13.4. The van der Waals surface area contributed by atoms with Crippen LogP contribution in [0.25, 0.3) is 0 Å². The van der Waals surface area contributed by atoms with Crippen molar-refractivity contribution < 1.29 is 18.3 Å². The number of nitrogens with two attached hydrogens (primary N) is 1. The molecule has 1 aromatic rings. The molecule has 0 fully saturated rings. The summed E-state index contributed by atoms with van der Waals surface area (Å²) in [4.78, 5) is 11.1. The lowest BCUT2D eigenvalue weighted by Crippen LogP contribution is -2.40. The monoisotopic (exact) mass is 244 g/mol. The van der Waals surface area contributed by atoms with E-state index < -0.39 is 17.7 Å². The van der Waals surface area contributed by atoms with Crippen LogP contribution < -0.4 is 15.8 Å². The van der Waals surface area contributed by atoms with Crippen LogP contribution in [0.5, 0.6) is 5.75 Å². The summed E-state index contributed by atoms with van der Waals surface area (Å²) in [5.41, 5.74) is 5.32. The molecule has 0 saturated heterocycles. The van der Waals surface area contributed by atoms with E-state index in [0.717, 1.165) is 12.1 Å². The van der Waals surface area contributed by atoms with E-state index >= 15 is 0 Å². The highest BCUT2D eigenvalue weighted by Crippen LogP contribution is 2.14. The number of carbonyl (C=O) groups excluding carboxylic acids is 1. The van der Waals surface area contributed by atoms with Gasteiger partial charge in [-0.15, -0.1) is 0 Å². The van der Waals surface area contributed by atoms with E-state index in [9.17, 15) is 13.6 Å². The summed E-state index contributed by atoms with van der Waals surface area (Å²) in [5.74, 6) is -1.98. The highest BCUT2D eigenvalue weighted by Gasteiger charge is 2.06. The van der Waals surface area contributed by atoms with Gasteiger partial charge in [-0.2, -0.15) is 0 Å². The molecular weight excluding hydrogens is 230 g/mol. The van der Waals surface area contributed by atoms with Crippen molar-refractivity contribution in [3.8, 4) is 5.75 Å². The van der Waals surface area contributed by atoms with Crippen molar-refractivity contribution in [2.75, 3.05) is 13.2 Å². The van der Waals surface area contributed by atoms with E-state index in [-0.39, 0.29) is 24.8 Å². The van der Waals surface area contributed by atoms with Gasteiger partial charge in [0.15, 0.2) is 11.6 Å². The summed E-state index contributed by atoms with van der Waals surface area (Å²) in [6, 6.07) is 2.65. The van der Waals surface area contributed by atoms with E-state index in [1.807, 2.05) is 0 Å². The van der Waals surface area contributed by atoms with Crippen molar-refractivity contribution in [3.63, 3.8) is 0 Å². The number of carbonyl (C=O) groups is 1. The quantitative estimate of drug-likeness (QED) is 0.753. The van der Waals surface area contributed by atoms with Gasteiger partial charge >= 0.3 is 0 Å². The molecule has 0 saturated carbocycles. The molecule has 3 N–H and O–H groups in total. The number of ether oxygens (including phenoxy) is 1. The summed E-state index contributed by atoms with van der Waals surface area (Å²) in [5, 5.41) is 2.52. The number of hydrogen-bond acceptors (Lipinski definition) is 3. The molecule has 6 heteroatoms. The number of hydrogen-bond donors (Lipinski definition) is 2. The van der Waals surface area contributed by atoms with Crippen molar-refractivity contribution in [1.82, 2.24) is 5.32 Å². The molecule has 0 bridgehead atoms. The maximum absolute atomic E-state index is 12.8. The zero-order valence-corrected chi connectivity index (χ0v) is 9.37. The number of amides is 1. The van der Waals surface area contributed by atoms with E-state index in [2.05, 4.69) is 5.32 Å². The first-order valence-electron chi connectivity index (χ1n) is 5.12. The van der Waals surface area contributed by atoms with E-state index in [0.29, 0.717) is 0 Å². The van der Waals surface area contributed by atoms with Gasteiger partial charge in [-0.3, -0.25) is 4.79 Å².